The number of rotatable bonds is 4. The normalized spacial score (nSPS) is 10.3. The van der Waals surface area contributed by atoms with E-state index in [2.05, 4.69) is 14.7 Å². The molecule has 10 heteroatoms. The van der Waals surface area contributed by atoms with E-state index in [1.54, 1.807) is 0 Å². The molecular formula is C15H12N2O8. The molecule has 130 valence electrons. The van der Waals surface area contributed by atoms with Gasteiger partial charge in [0, 0.05) is 11.4 Å². The van der Waals surface area contributed by atoms with Crippen molar-refractivity contribution in [1.82, 2.24) is 9.97 Å². The van der Waals surface area contributed by atoms with Crippen LogP contribution in [0.5, 0.6) is 17.2 Å². The largest absolute Gasteiger partial charge is 0.506 e. The fourth-order valence-electron chi connectivity index (χ4n) is 2.14. The number of ether oxygens (including phenoxy) is 1. The zero-order valence-corrected chi connectivity index (χ0v) is 13.0. The first-order valence-corrected chi connectivity index (χ1v) is 6.77. The fraction of sp³-hybridized carbons (Fsp3) is 0.133. The van der Waals surface area contributed by atoms with Gasteiger partial charge in [-0.15, -0.1) is 0 Å². The summed E-state index contributed by atoms with van der Waals surface area (Å²) in [5.74, 6) is -4.25. The minimum Gasteiger partial charge on any atom is -0.506 e. The third-order valence-electron chi connectivity index (χ3n) is 3.44. The van der Waals surface area contributed by atoms with E-state index >= 15 is 0 Å². The van der Waals surface area contributed by atoms with Crippen LogP contribution in [-0.4, -0.2) is 38.7 Å². The Hall–Kier alpha value is -3.69. The molecule has 0 saturated carbocycles. The molecule has 25 heavy (non-hydrogen) atoms. The highest BCUT2D eigenvalue weighted by atomic mass is 16.5. The van der Waals surface area contributed by atoms with Crippen molar-refractivity contribution in [3.63, 3.8) is 0 Å². The maximum Gasteiger partial charge on any atom is 0.353 e. The number of pyridine rings is 2. The van der Waals surface area contributed by atoms with Crippen LogP contribution in [0.3, 0.4) is 0 Å². The van der Waals surface area contributed by atoms with Crippen molar-refractivity contribution in [2.24, 2.45) is 0 Å². The summed E-state index contributed by atoms with van der Waals surface area (Å²) < 4.78 is 4.67. The average Bonchev–Trinajstić information content (AvgIpc) is 2.51. The van der Waals surface area contributed by atoms with E-state index in [9.17, 15) is 34.2 Å². The maximum absolute atomic E-state index is 12.2. The number of aromatic nitrogens is 2. The predicted molar refractivity (Wildman–Crippen MR) is 82.7 cm³/mol. The molecule has 0 amide bonds. The quantitative estimate of drug-likeness (QED) is 0.440. The van der Waals surface area contributed by atoms with E-state index in [1.165, 1.54) is 13.8 Å². The van der Waals surface area contributed by atoms with E-state index in [4.69, 9.17) is 0 Å². The summed E-state index contributed by atoms with van der Waals surface area (Å²) in [6.45, 7) is 2.66. The number of carbonyl (C=O) groups is 3. The number of aromatic hydroxyl groups is 2. The number of esters is 1. The third-order valence-corrected chi connectivity index (χ3v) is 3.44. The molecule has 0 saturated heterocycles. The van der Waals surface area contributed by atoms with Crippen molar-refractivity contribution in [2.45, 2.75) is 13.8 Å². The molecule has 0 fully saturated rings. The number of hydrogen-bond donors (Lipinski definition) is 4. The lowest BCUT2D eigenvalue weighted by Gasteiger charge is -2.10. The van der Waals surface area contributed by atoms with Gasteiger partial charge in [-0.1, -0.05) is 0 Å². The molecule has 0 aliphatic carbocycles. The van der Waals surface area contributed by atoms with Gasteiger partial charge < -0.3 is 24.9 Å². The van der Waals surface area contributed by atoms with Gasteiger partial charge in [-0.05, 0) is 13.8 Å². The smallest absolute Gasteiger partial charge is 0.353 e. The molecule has 0 aromatic carbocycles. The summed E-state index contributed by atoms with van der Waals surface area (Å²) in [6, 6.07) is 0. The van der Waals surface area contributed by atoms with Crippen LogP contribution in [0, 0.1) is 13.8 Å². The van der Waals surface area contributed by atoms with Crippen molar-refractivity contribution in [2.75, 3.05) is 0 Å². The summed E-state index contributed by atoms with van der Waals surface area (Å²) in [4.78, 5) is 62.1. The Balaban J connectivity index is 2.60. The van der Waals surface area contributed by atoms with Gasteiger partial charge >= 0.3 is 5.97 Å². The summed E-state index contributed by atoms with van der Waals surface area (Å²) in [7, 11) is 0. The molecule has 4 N–H and O–H groups in total. The van der Waals surface area contributed by atoms with Crippen LogP contribution < -0.4 is 15.9 Å². The molecule has 2 aromatic heterocycles. The molecule has 2 heterocycles. The Labute approximate surface area is 138 Å². The third kappa shape index (κ3) is 2.92. The van der Waals surface area contributed by atoms with Gasteiger partial charge in [-0.3, -0.25) is 19.2 Å². The topological polar surface area (TPSA) is 167 Å². The van der Waals surface area contributed by atoms with Crippen LogP contribution in [0.1, 0.15) is 42.5 Å². The highest BCUT2D eigenvalue weighted by Crippen LogP contribution is 2.28. The SMILES string of the molecule is Cc1[nH]c(=O)c(OC(=O)c2c(O)c(C=O)c(C)[nH]c2=O)c(O)c1C=O. The van der Waals surface area contributed by atoms with Crippen LogP contribution in [0.2, 0.25) is 0 Å². The Morgan fingerprint density at radius 2 is 1.40 bits per heavy atom. The highest BCUT2D eigenvalue weighted by Gasteiger charge is 2.26. The molecule has 0 spiro atoms. The van der Waals surface area contributed by atoms with E-state index in [0.29, 0.717) is 0 Å². The summed E-state index contributed by atoms with van der Waals surface area (Å²) in [6.07, 6.45) is 0.455. The van der Waals surface area contributed by atoms with E-state index in [-0.39, 0.29) is 35.1 Å². The Kier molecular flexibility index (Phi) is 4.54. The molecule has 0 bridgehead atoms. The number of aldehydes is 2. The number of H-pyrrole nitrogens is 2. The summed E-state index contributed by atoms with van der Waals surface area (Å²) in [5, 5.41) is 19.8. The van der Waals surface area contributed by atoms with E-state index in [1.807, 2.05) is 0 Å². The van der Waals surface area contributed by atoms with Gasteiger partial charge in [0.25, 0.3) is 11.1 Å². The number of carbonyl (C=O) groups excluding carboxylic acids is 3. The van der Waals surface area contributed by atoms with Crippen LogP contribution >= 0.6 is 0 Å². The Bertz CT molecular complexity index is 1020. The minimum absolute atomic E-state index is 0.0216. The summed E-state index contributed by atoms with van der Waals surface area (Å²) in [5.41, 5.74) is -3.64. The highest BCUT2D eigenvalue weighted by molar-refractivity contribution is 5.97. The minimum atomic E-state index is -1.50. The lowest BCUT2D eigenvalue weighted by Crippen LogP contribution is -2.26. The van der Waals surface area contributed by atoms with Gasteiger partial charge in [0.2, 0.25) is 5.75 Å². The standard InChI is InChI=1S/C15H12N2O8/c1-5-7(3-18)10(20)9(13(22)16-5)15(24)25-12-11(21)8(4-19)6(2)17-14(12)23/h3-4H,1-2H3,(H2,16,20,22)(H2,17,21,23). The van der Waals surface area contributed by atoms with Crippen LogP contribution in [0.4, 0.5) is 0 Å². The molecule has 0 unspecified atom stereocenters. The molecule has 0 aliphatic rings. The van der Waals surface area contributed by atoms with Gasteiger partial charge in [0.05, 0.1) is 11.1 Å². The maximum atomic E-state index is 12.2. The second-order valence-electron chi connectivity index (χ2n) is 5.01. The second kappa shape index (κ2) is 6.43. The van der Waals surface area contributed by atoms with Gasteiger partial charge in [-0.2, -0.15) is 0 Å². The zero-order chi connectivity index (χ0) is 18.9. The second-order valence-corrected chi connectivity index (χ2v) is 5.01. The molecule has 10 nitrogen and oxygen atoms in total. The van der Waals surface area contributed by atoms with Gasteiger partial charge in [0.1, 0.15) is 5.75 Å². The van der Waals surface area contributed by atoms with Crippen molar-refractivity contribution in [1.29, 1.82) is 0 Å². The van der Waals surface area contributed by atoms with E-state index in [0.717, 1.165) is 0 Å². The fourth-order valence-corrected chi connectivity index (χ4v) is 2.14. The number of nitrogens with one attached hydrogen (secondary N) is 2. The van der Waals surface area contributed by atoms with Gasteiger partial charge in [0.15, 0.2) is 23.9 Å². The van der Waals surface area contributed by atoms with Crippen molar-refractivity contribution < 1.29 is 29.3 Å². The Morgan fingerprint density at radius 3 is 1.92 bits per heavy atom. The summed E-state index contributed by atoms with van der Waals surface area (Å²) >= 11 is 0. The lowest BCUT2D eigenvalue weighted by atomic mass is 10.1. The molecule has 0 atom stereocenters. The molecule has 2 aromatic rings. The van der Waals surface area contributed by atoms with Crippen molar-refractivity contribution >= 4 is 18.5 Å². The first-order chi connectivity index (χ1) is 11.7. The predicted octanol–water partition coefficient (Wildman–Crippen LogP) is -0.0646. The molecule has 0 radical (unpaired) electrons. The average molecular weight is 348 g/mol. The number of hydrogen-bond acceptors (Lipinski definition) is 8. The van der Waals surface area contributed by atoms with E-state index < -0.39 is 39.9 Å². The van der Waals surface area contributed by atoms with Crippen LogP contribution in [0.25, 0.3) is 0 Å². The zero-order valence-electron chi connectivity index (χ0n) is 13.0. The van der Waals surface area contributed by atoms with Gasteiger partial charge in [-0.25, -0.2) is 4.79 Å². The molecule has 2 rings (SSSR count). The first-order valence-electron chi connectivity index (χ1n) is 6.77. The van der Waals surface area contributed by atoms with Crippen molar-refractivity contribution in [3.05, 3.63) is 48.8 Å². The van der Waals surface area contributed by atoms with Crippen LogP contribution in [0.15, 0.2) is 9.59 Å². The first kappa shape index (κ1) is 17.7. The lowest BCUT2D eigenvalue weighted by molar-refractivity contribution is 0.0720. The van der Waals surface area contributed by atoms with Crippen molar-refractivity contribution in [3.8, 4) is 17.2 Å². The molecule has 0 aliphatic heterocycles. The molecular weight excluding hydrogens is 336 g/mol. The number of aryl methyl sites for hydroxylation is 2. The monoisotopic (exact) mass is 348 g/mol. The number of aromatic amines is 2. The van der Waals surface area contributed by atoms with Crippen LogP contribution in [-0.2, 0) is 0 Å². The Morgan fingerprint density at radius 1 is 0.920 bits per heavy atom.